The van der Waals surface area contributed by atoms with Crippen LogP contribution in [-0.4, -0.2) is 11.1 Å². The molecule has 0 bridgehead atoms. The van der Waals surface area contributed by atoms with Crippen LogP contribution in [-0.2, 0) is 11.2 Å². The van der Waals surface area contributed by atoms with Crippen molar-refractivity contribution in [1.29, 1.82) is 0 Å². The predicted octanol–water partition coefficient (Wildman–Crippen LogP) is 3.46. The van der Waals surface area contributed by atoms with Gasteiger partial charge >= 0.3 is 5.97 Å². The molecule has 0 amide bonds. The zero-order valence-corrected chi connectivity index (χ0v) is 9.73. The van der Waals surface area contributed by atoms with Gasteiger partial charge < -0.3 is 5.11 Å². The van der Waals surface area contributed by atoms with Gasteiger partial charge in [-0.2, -0.15) is 0 Å². The predicted molar refractivity (Wildman–Crippen MR) is 70.8 cm³/mol. The third-order valence-electron chi connectivity index (χ3n) is 2.37. The van der Waals surface area contributed by atoms with E-state index in [4.69, 9.17) is 5.11 Å². The minimum Gasteiger partial charge on any atom is -0.481 e. The smallest absolute Gasteiger partial charge is 0.307 e. The van der Waals surface area contributed by atoms with Gasteiger partial charge in [-0.3, -0.25) is 4.79 Å². The molecule has 0 spiro atoms. The van der Waals surface area contributed by atoms with E-state index in [1.165, 1.54) is 0 Å². The summed E-state index contributed by atoms with van der Waals surface area (Å²) in [4.78, 5) is 10.5. The average Bonchev–Trinajstić information content (AvgIpc) is 2.31. The van der Waals surface area contributed by atoms with Crippen molar-refractivity contribution in [2.24, 2.45) is 0 Å². The SMILES string of the molecule is C=CCC=C(C=C)c1ccc(CC(=O)O)cc1. The molecule has 1 aromatic rings. The average molecular weight is 228 g/mol. The molecule has 17 heavy (non-hydrogen) atoms. The Labute approximate surface area is 102 Å². The van der Waals surface area contributed by atoms with Crippen LogP contribution in [0.4, 0.5) is 0 Å². The van der Waals surface area contributed by atoms with Gasteiger partial charge in [0.2, 0.25) is 0 Å². The quantitative estimate of drug-likeness (QED) is 0.598. The molecule has 1 N–H and O–H groups in total. The molecule has 0 saturated heterocycles. The highest BCUT2D eigenvalue weighted by Gasteiger charge is 2.01. The van der Waals surface area contributed by atoms with Crippen molar-refractivity contribution >= 4 is 11.5 Å². The molecule has 2 nitrogen and oxygen atoms in total. The van der Waals surface area contributed by atoms with E-state index in [-0.39, 0.29) is 6.42 Å². The summed E-state index contributed by atoms with van der Waals surface area (Å²) >= 11 is 0. The van der Waals surface area contributed by atoms with Gasteiger partial charge in [0.1, 0.15) is 0 Å². The lowest BCUT2D eigenvalue weighted by atomic mass is 10.0. The summed E-state index contributed by atoms with van der Waals surface area (Å²) in [7, 11) is 0. The van der Waals surface area contributed by atoms with Gasteiger partial charge in [0.05, 0.1) is 6.42 Å². The van der Waals surface area contributed by atoms with E-state index in [0.717, 1.165) is 23.1 Å². The number of carboxylic acids is 1. The lowest BCUT2D eigenvalue weighted by Gasteiger charge is -2.03. The number of allylic oxidation sites excluding steroid dienone is 4. The standard InChI is InChI=1S/C15H16O2/c1-3-5-6-13(4-2)14-9-7-12(8-10-14)11-15(16)17/h3-4,6-10H,1-2,5,11H2,(H,16,17). The van der Waals surface area contributed by atoms with Gasteiger partial charge in [0.15, 0.2) is 0 Å². The summed E-state index contributed by atoms with van der Waals surface area (Å²) in [5.41, 5.74) is 2.87. The molecule has 0 aliphatic rings. The van der Waals surface area contributed by atoms with E-state index in [1.807, 2.05) is 36.4 Å². The molecule has 0 unspecified atom stereocenters. The van der Waals surface area contributed by atoms with E-state index in [1.54, 1.807) is 6.08 Å². The highest BCUT2D eigenvalue weighted by Crippen LogP contribution is 2.17. The Morgan fingerprint density at radius 2 is 1.88 bits per heavy atom. The Kier molecular flexibility index (Phi) is 4.95. The normalized spacial score (nSPS) is 10.9. The fourth-order valence-corrected chi connectivity index (χ4v) is 1.52. The molecule has 0 radical (unpaired) electrons. The molecule has 0 saturated carbocycles. The van der Waals surface area contributed by atoms with Crippen LogP contribution < -0.4 is 0 Å². The summed E-state index contributed by atoms with van der Waals surface area (Å²) in [6.45, 7) is 7.43. The molecular weight excluding hydrogens is 212 g/mol. The molecule has 0 aliphatic heterocycles. The van der Waals surface area contributed by atoms with Gasteiger partial charge in [-0.25, -0.2) is 0 Å². The molecule has 1 rings (SSSR count). The highest BCUT2D eigenvalue weighted by atomic mass is 16.4. The minimum absolute atomic E-state index is 0.0556. The fraction of sp³-hybridized carbons (Fsp3) is 0.133. The Balaban J connectivity index is 2.88. The largest absolute Gasteiger partial charge is 0.481 e. The molecule has 0 fully saturated rings. The number of hydrogen-bond donors (Lipinski definition) is 1. The Hall–Kier alpha value is -2.09. The van der Waals surface area contributed by atoms with Gasteiger partial charge in [0, 0.05) is 0 Å². The van der Waals surface area contributed by atoms with Crippen molar-refractivity contribution in [2.45, 2.75) is 12.8 Å². The van der Waals surface area contributed by atoms with Gasteiger partial charge in [0.25, 0.3) is 0 Å². The van der Waals surface area contributed by atoms with Crippen molar-refractivity contribution in [3.8, 4) is 0 Å². The van der Waals surface area contributed by atoms with E-state index in [9.17, 15) is 4.79 Å². The van der Waals surface area contributed by atoms with Crippen LogP contribution >= 0.6 is 0 Å². The van der Waals surface area contributed by atoms with Crippen molar-refractivity contribution in [1.82, 2.24) is 0 Å². The van der Waals surface area contributed by atoms with Crippen molar-refractivity contribution in [3.63, 3.8) is 0 Å². The first-order chi connectivity index (χ1) is 8.17. The maximum absolute atomic E-state index is 10.5. The third-order valence-corrected chi connectivity index (χ3v) is 2.37. The van der Waals surface area contributed by atoms with Crippen LogP contribution in [0, 0.1) is 0 Å². The van der Waals surface area contributed by atoms with Crippen molar-refractivity contribution in [3.05, 3.63) is 66.8 Å². The first-order valence-corrected chi connectivity index (χ1v) is 5.42. The van der Waals surface area contributed by atoms with E-state index in [2.05, 4.69) is 13.2 Å². The monoisotopic (exact) mass is 228 g/mol. The number of aliphatic carboxylic acids is 1. The molecule has 0 atom stereocenters. The van der Waals surface area contributed by atoms with Gasteiger partial charge in [-0.1, -0.05) is 49.1 Å². The lowest BCUT2D eigenvalue weighted by Crippen LogP contribution is -1.99. The maximum Gasteiger partial charge on any atom is 0.307 e. The van der Waals surface area contributed by atoms with Crippen LogP contribution in [0.2, 0.25) is 0 Å². The molecule has 0 aliphatic carbocycles. The zero-order valence-electron chi connectivity index (χ0n) is 9.73. The second-order valence-electron chi connectivity index (χ2n) is 3.66. The van der Waals surface area contributed by atoms with Crippen LogP contribution in [0.1, 0.15) is 17.5 Å². The van der Waals surface area contributed by atoms with Gasteiger partial charge in [-0.05, 0) is 23.1 Å². The van der Waals surface area contributed by atoms with Crippen molar-refractivity contribution in [2.75, 3.05) is 0 Å². The van der Waals surface area contributed by atoms with Gasteiger partial charge in [-0.15, -0.1) is 6.58 Å². The van der Waals surface area contributed by atoms with Crippen molar-refractivity contribution < 1.29 is 9.90 Å². The van der Waals surface area contributed by atoms with E-state index < -0.39 is 5.97 Å². The summed E-state index contributed by atoms with van der Waals surface area (Å²) in [5.74, 6) is -0.816. The zero-order chi connectivity index (χ0) is 12.7. The molecule has 0 aromatic heterocycles. The fourth-order valence-electron chi connectivity index (χ4n) is 1.52. The number of benzene rings is 1. The van der Waals surface area contributed by atoms with E-state index >= 15 is 0 Å². The highest BCUT2D eigenvalue weighted by molar-refractivity contribution is 5.74. The van der Waals surface area contributed by atoms with Crippen LogP contribution in [0.15, 0.2) is 55.7 Å². The minimum atomic E-state index is -0.816. The first kappa shape index (κ1) is 13.0. The van der Waals surface area contributed by atoms with E-state index in [0.29, 0.717) is 0 Å². The lowest BCUT2D eigenvalue weighted by molar-refractivity contribution is -0.136. The number of carbonyl (C=O) groups is 1. The Bertz CT molecular complexity index is 438. The summed E-state index contributed by atoms with van der Waals surface area (Å²) in [6, 6.07) is 7.48. The summed E-state index contributed by atoms with van der Waals surface area (Å²) in [5, 5.41) is 8.67. The molecular formula is C15H16O2. The molecule has 2 heteroatoms. The van der Waals surface area contributed by atoms with Crippen LogP contribution in [0.3, 0.4) is 0 Å². The van der Waals surface area contributed by atoms with Crippen LogP contribution in [0.5, 0.6) is 0 Å². The second kappa shape index (κ2) is 6.48. The summed E-state index contributed by atoms with van der Waals surface area (Å²) < 4.78 is 0. The van der Waals surface area contributed by atoms with Crippen LogP contribution in [0.25, 0.3) is 5.57 Å². The summed E-state index contributed by atoms with van der Waals surface area (Å²) in [6.07, 6.45) is 6.49. The molecule has 1 aromatic carbocycles. The Morgan fingerprint density at radius 1 is 1.24 bits per heavy atom. The second-order valence-corrected chi connectivity index (χ2v) is 3.66. The molecule has 0 heterocycles. The first-order valence-electron chi connectivity index (χ1n) is 5.42. The topological polar surface area (TPSA) is 37.3 Å². The Morgan fingerprint density at radius 3 is 2.35 bits per heavy atom. The number of rotatable bonds is 6. The number of carboxylic acid groups (broad SMARTS) is 1. The maximum atomic E-state index is 10.5. The number of hydrogen-bond acceptors (Lipinski definition) is 1. The third kappa shape index (κ3) is 4.11. The molecule has 88 valence electrons.